The lowest BCUT2D eigenvalue weighted by atomic mass is 9.86. The predicted octanol–water partition coefficient (Wildman–Crippen LogP) is 10.3. The first-order chi connectivity index (χ1) is 18.9. The van der Waals surface area contributed by atoms with Gasteiger partial charge in [0.1, 0.15) is 0 Å². The fourth-order valence-corrected chi connectivity index (χ4v) is 6.22. The first kappa shape index (κ1) is 21.1. The van der Waals surface area contributed by atoms with Gasteiger partial charge in [-0.15, -0.1) is 0 Å². The number of hydrogen-bond donors (Lipinski definition) is 0. The van der Waals surface area contributed by atoms with Crippen LogP contribution in [0.5, 0.6) is 0 Å². The molecule has 0 aliphatic carbocycles. The topological polar surface area (TPSA) is 12.9 Å². The van der Waals surface area contributed by atoms with E-state index in [1.807, 2.05) is 30.5 Å². The molecule has 0 saturated heterocycles. The lowest BCUT2D eigenvalue weighted by Crippen LogP contribution is -1.89. The van der Waals surface area contributed by atoms with Crippen LogP contribution in [-0.2, 0) is 0 Å². The summed E-state index contributed by atoms with van der Waals surface area (Å²) < 4.78 is 0. The molecule has 1 heterocycles. The van der Waals surface area contributed by atoms with Crippen molar-refractivity contribution in [1.29, 1.82) is 0 Å². The van der Waals surface area contributed by atoms with Crippen molar-refractivity contribution in [1.82, 2.24) is 4.98 Å². The van der Waals surface area contributed by atoms with Gasteiger partial charge in [-0.1, -0.05) is 109 Å². The Balaban J connectivity index is 0.000000190. The van der Waals surface area contributed by atoms with E-state index in [0.29, 0.717) is 0 Å². The van der Waals surface area contributed by atoms with Gasteiger partial charge in [-0.05, 0) is 88.9 Å². The fourth-order valence-electron chi connectivity index (χ4n) is 6.22. The lowest BCUT2D eigenvalue weighted by molar-refractivity contribution is 1.41. The number of para-hydroxylation sites is 1. The van der Waals surface area contributed by atoms with E-state index in [1.165, 1.54) is 70.0 Å². The number of pyridine rings is 1. The number of benzene rings is 8. The highest BCUT2D eigenvalue weighted by atomic mass is 14.6. The highest BCUT2D eigenvalue weighted by molar-refractivity contribution is 6.38. The molecule has 8 aromatic carbocycles. The Morgan fingerprint density at radius 2 is 0.737 bits per heavy atom. The fraction of sp³-hybridized carbons (Fsp3) is 0. The predicted molar refractivity (Wildman–Crippen MR) is 164 cm³/mol. The van der Waals surface area contributed by atoms with Crippen LogP contribution in [0.25, 0.3) is 75.5 Å². The van der Waals surface area contributed by atoms with Crippen LogP contribution in [0.2, 0.25) is 0 Å². The standard InChI is InChI=1S/C28H16.C9H7N/c1-3-9-19-17(7-1)15-25-23-13-6-12-22-20-10-4-2-8-18(20)16-26(28(22)23)24-14-5-11-21(19)27(24)25;1-2-6-9-8(4-1)5-3-7-10-9/h1-16H;1-7H. The monoisotopic (exact) mass is 481 g/mol. The molecule has 0 bridgehead atoms. The van der Waals surface area contributed by atoms with Crippen molar-refractivity contribution in [3.63, 3.8) is 0 Å². The molecule has 0 aliphatic heterocycles. The van der Waals surface area contributed by atoms with Crippen molar-refractivity contribution >= 4 is 75.5 Å². The minimum absolute atomic E-state index is 1.06. The molecule has 176 valence electrons. The minimum Gasteiger partial charge on any atom is -0.256 e. The molecule has 0 unspecified atom stereocenters. The molecule has 38 heavy (non-hydrogen) atoms. The Bertz CT molecular complexity index is 2100. The van der Waals surface area contributed by atoms with E-state index >= 15 is 0 Å². The van der Waals surface area contributed by atoms with Crippen LogP contribution in [0.3, 0.4) is 0 Å². The summed E-state index contributed by atoms with van der Waals surface area (Å²) in [6, 6.07) is 47.9. The van der Waals surface area contributed by atoms with Crippen LogP contribution in [0, 0.1) is 0 Å². The van der Waals surface area contributed by atoms with Crippen LogP contribution in [-0.4, -0.2) is 4.98 Å². The van der Waals surface area contributed by atoms with Crippen LogP contribution < -0.4 is 0 Å². The number of fused-ring (bicyclic) bond motifs is 7. The van der Waals surface area contributed by atoms with Crippen molar-refractivity contribution in [3.8, 4) is 0 Å². The van der Waals surface area contributed by atoms with E-state index in [1.54, 1.807) is 0 Å². The van der Waals surface area contributed by atoms with Crippen molar-refractivity contribution in [2.45, 2.75) is 0 Å². The zero-order valence-electron chi connectivity index (χ0n) is 20.7. The summed E-state index contributed by atoms with van der Waals surface area (Å²) >= 11 is 0. The first-order valence-electron chi connectivity index (χ1n) is 13.1. The third kappa shape index (κ3) is 3.09. The maximum absolute atomic E-state index is 4.18. The van der Waals surface area contributed by atoms with Gasteiger partial charge in [0, 0.05) is 11.6 Å². The summed E-state index contributed by atoms with van der Waals surface area (Å²) in [7, 11) is 0. The Labute approximate surface area is 219 Å². The van der Waals surface area contributed by atoms with Crippen molar-refractivity contribution in [2.24, 2.45) is 0 Å². The summed E-state index contributed by atoms with van der Waals surface area (Å²) in [6.07, 6.45) is 1.81. The third-order valence-corrected chi connectivity index (χ3v) is 7.86. The van der Waals surface area contributed by atoms with Crippen LogP contribution in [0.15, 0.2) is 140 Å². The van der Waals surface area contributed by atoms with Crippen molar-refractivity contribution in [3.05, 3.63) is 140 Å². The van der Waals surface area contributed by atoms with E-state index in [-0.39, 0.29) is 0 Å². The van der Waals surface area contributed by atoms with Crippen molar-refractivity contribution in [2.75, 3.05) is 0 Å². The largest absolute Gasteiger partial charge is 0.256 e. The van der Waals surface area contributed by atoms with Gasteiger partial charge in [0.15, 0.2) is 0 Å². The molecular formula is C37H23N. The number of nitrogens with zero attached hydrogens (tertiary/aromatic N) is 1. The zero-order chi connectivity index (χ0) is 25.1. The molecule has 0 amide bonds. The second-order valence-corrected chi connectivity index (χ2v) is 9.94. The Kier molecular flexibility index (Phi) is 4.59. The van der Waals surface area contributed by atoms with Gasteiger partial charge >= 0.3 is 0 Å². The Morgan fingerprint density at radius 1 is 0.316 bits per heavy atom. The molecule has 0 saturated carbocycles. The molecule has 0 aliphatic rings. The van der Waals surface area contributed by atoms with Crippen LogP contribution >= 0.6 is 0 Å². The molecule has 0 radical (unpaired) electrons. The third-order valence-electron chi connectivity index (χ3n) is 7.86. The molecule has 1 heteroatoms. The summed E-state index contributed by atoms with van der Waals surface area (Å²) in [5, 5.41) is 17.4. The van der Waals surface area contributed by atoms with E-state index in [2.05, 4.69) is 114 Å². The highest BCUT2D eigenvalue weighted by Gasteiger charge is 2.15. The normalized spacial score (nSPS) is 11.7. The number of aromatic nitrogens is 1. The Morgan fingerprint density at radius 3 is 1.29 bits per heavy atom. The molecular weight excluding hydrogens is 458 g/mol. The molecule has 0 atom stereocenters. The van der Waals surface area contributed by atoms with Gasteiger partial charge in [-0.2, -0.15) is 0 Å². The Hall–Kier alpha value is -5.01. The summed E-state index contributed by atoms with van der Waals surface area (Å²) in [4.78, 5) is 4.18. The SMILES string of the molecule is c1ccc2c(c1)cc1c3cccc4c5ccccc5cc(c5cccc2c51)c43.c1ccc2ncccc2c1. The van der Waals surface area contributed by atoms with Crippen LogP contribution in [0.1, 0.15) is 0 Å². The molecule has 0 spiro atoms. The molecule has 1 aromatic heterocycles. The second-order valence-electron chi connectivity index (χ2n) is 9.94. The van der Waals surface area contributed by atoms with Gasteiger partial charge in [0.25, 0.3) is 0 Å². The van der Waals surface area contributed by atoms with Crippen molar-refractivity contribution < 1.29 is 0 Å². The van der Waals surface area contributed by atoms with Gasteiger partial charge in [-0.25, -0.2) is 0 Å². The number of rotatable bonds is 0. The minimum atomic E-state index is 1.06. The summed E-state index contributed by atoms with van der Waals surface area (Å²) in [5.74, 6) is 0. The van der Waals surface area contributed by atoms with Gasteiger partial charge in [0.2, 0.25) is 0 Å². The highest BCUT2D eigenvalue weighted by Crippen LogP contribution is 2.44. The average molecular weight is 482 g/mol. The van der Waals surface area contributed by atoms with E-state index in [9.17, 15) is 0 Å². The zero-order valence-corrected chi connectivity index (χ0v) is 20.7. The van der Waals surface area contributed by atoms with E-state index in [0.717, 1.165) is 5.52 Å². The summed E-state index contributed by atoms with van der Waals surface area (Å²) in [5.41, 5.74) is 1.06. The lowest BCUT2D eigenvalue weighted by Gasteiger charge is -2.17. The number of hydrogen-bond acceptors (Lipinski definition) is 1. The van der Waals surface area contributed by atoms with Crippen LogP contribution in [0.4, 0.5) is 0 Å². The smallest absolute Gasteiger partial charge is 0.0701 e. The summed E-state index contributed by atoms with van der Waals surface area (Å²) in [6.45, 7) is 0. The maximum Gasteiger partial charge on any atom is 0.0701 e. The van der Waals surface area contributed by atoms with Gasteiger partial charge in [0.05, 0.1) is 5.52 Å². The van der Waals surface area contributed by atoms with Gasteiger partial charge in [-0.3, -0.25) is 4.98 Å². The molecule has 0 fully saturated rings. The molecule has 9 aromatic rings. The van der Waals surface area contributed by atoms with E-state index < -0.39 is 0 Å². The van der Waals surface area contributed by atoms with Gasteiger partial charge < -0.3 is 0 Å². The maximum atomic E-state index is 4.18. The van der Waals surface area contributed by atoms with E-state index in [4.69, 9.17) is 0 Å². The average Bonchev–Trinajstić information content (AvgIpc) is 3.00. The second kappa shape index (κ2) is 8.26. The quantitative estimate of drug-likeness (QED) is 0.155. The first-order valence-corrected chi connectivity index (χ1v) is 13.1. The molecule has 0 N–H and O–H groups in total. The molecule has 1 nitrogen and oxygen atoms in total. The molecule has 9 rings (SSSR count).